The first-order chi connectivity index (χ1) is 15.3. The lowest BCUT2D eigenvalue weighted by molar-refractivity contribution is -0.122. The zero-order chi connectivity index (χ0) is 21.0. The SMILES string of the molecule is O=C(CCCc1c(-c2ccc3ccccc3n2)[nH]c2ccccc12)NC1CCCCC1. The van der Waals surface area contributed by atoms with Crippen LogP contribution in [0.3, 0.4) is 0 Å². The monoisotopic (exact) mass is 411 g/mol. The number of nitrogens with one attached hydrogen (secondary N) is 2. The van der Waals surface area contributed by atoms with Crippen LogP contribution in [0.4, 0.5) is 0 Å². The Balaban J connectivity index is 1.36. The maximum atomic E-state index is 12.5. The van der Waals surface area contributed by atoms with Crippen molar-refractivity contribution in [2.75, 3.05) is 0 Å². The van der Waals surface area contributed by atoms with Crippen molar-refractivity contribution >= 4 is 27.7 Å². The molecule has 0 spiro atoms. The van der Waals surface area contributed by atoms with Gasteiger partial charge >= 0.3 is 0 Å². The number of pyridine rings is 1. The predicted octanol–water partition coefficient (Wildman–Crippen LogP) is 6.15. The number of amides is 1. The molecule has 2 aromatic carbocycles. The van der Waals surface area contributed by atoms with E-state index in [0.29, 0.717) is 12.5 Å². The number of carbonyl (C=O) groups excluding carboxylic acids is 1. The average Bonchev–Trinajstić information content (AvgIpc) is 3.18. The number of hydrogen-bond donors (Lipinski definition) is 2. The fourth-order valence-corrected chi connectivity index (χ4v) is 4.86. The average molecular weight is 412 g/mol. The zero-order valence-electron chi connectivity index (χ0n) is 17.9. The molecule has 4 aromatic rings. The summed E-state index contributed by atoms with van der Waals surface area (Å²) in [6.07, 6.45) is 8.30. The summed E-state index contributed by atoms with van der Waals surface area (Å²) in [4.78, 5) is 21.0. The predicted molar refractivity (Wildman–Crippen MR) is 127 cm³/mol. The van der Waals surface area contributed by atoms with E-state index in [1.165, 1.54) is 30.2 Å². The number of aryl methyl sites for hydroxylation is 1. The van der Waals surface area contributed by atoms with Gasteiger partial charge in [0.2, 0.25) is 5.91 Å². The summed E-state index contributed by atoms with van der Waals surface area (Å²) in [5.41, 5.74) is 5.39. The maximum Gasteiger partial charge on any atom is 0.220 e. The van der Waals surface area contributed by atoms with E-state index in [1.54, 1.807) is 0 Å². The maximum absolute atomic E-state index is 12.5. The highest BCUT2D eigenvalue weighted by Gasteiger charge is 2.17. The van der Waals surface area contributed by atoms with E-state index in [9.17, 15) is 4.79 Å². The molecule has 1 amide bonds. The Kier molecular flexibility index (Phi) is 5.70. The lowest BCUT2D eigenvalue weighted by Gasteiger charge is -2.22. The van der Waals surface area contributed by atoms with Gasteiger partial charge in [-0.2, -0.15) is 0 Å². The lowest BCUT2D eigenvalue weighted by atomic mass is 9.95. The normalized spacial score (nSPS) is 14.8. The molecule has 1 fully saturated rings. The van der Waals surface area contributed by atoms with Crippen LogP contribution in [0.25, 0.3) is 33.2 Å². The highest BCUT2D eigenvalue weighted by atomic mass is 16.1. The van der Waals surface area contributed by atoms with E-state index in [0.717, 1.165) is 53.5 Å². The topological polar surface area (TPSA) is 57.8 Å². The third kappa shape index (κ3) is 4.34. The van der Waals surface area contributed by atoms with Crippen molar-refractivity contribution in [3.63, 3.8) is 0 Å². The van der Waals surface area contributed by atoms with Gasteiger partial charge in [0.15, 0.2) is 0 Å². The van der Waals surface area contributed by atoms with Crippen LogP contribution in [-0.4, -0.2) is 21.9 Å². The van der Waals surface area contributed by atoms with Crippen molar-refractivity contribution in [1.82, 2.24) is 15.3 Å². The van der Waals surface area contributed by atoms with E-state index >= 15 is 0 Å². The van der Waals surface area contributed by atoms with Gasteiger partial charge in [-0.3, -0.25) is 4.79 Å². The molecule has 5 rings (SSSR count). The summed E-state index contributed by atoms with van der Waals surface area (Å²) < 4.78 is 0. The van der Waals surface area contributed by atoms with E-state index in [2.05, 4.69) is 58.8 Å². The van der Waals surface area contributed by atoms with Crippen LogP contribution in [-0.2, 0) is 11.2 Å². The molecule has 31 heavy (non-hydrogen) atoms. The highest BCUT2D eigenvalue weighted by Crippen LogP contribution is 2.31. The Hall–Kier alpha value is -3.14. The summed E-state index contributed by atoms with van der Waals surface area (Å²) in [6.45, 7) is 0. The molecule has 0 atom stereocenters. The molecule has 1 saturated carbocycles. The van der Waals surface area contributed by atoms with Crippen LogP contribution < -0.4 is 5.32 Å². The fourth-order valence-electron chi connectivity index (χ4n) is 4.86. The minimum atomic E-state index is 0.192. The van der Waals surface area contributed by atoms with Gasteiger partial charge in [0.25, 0.3) is 0 Å². The molecule has 1 aliphatic carbocycles. The summed E-state index contributed by atoms with van der Waals surface area (Å²) in [5, 5.41) is 5.61. The Bertz CT molecular complexity index is 1200. The van der Waals surface area contributed by atoms with Gasteiger partial charge in [0, 0.05) is 28.8 Å². The van der Waals surface area contributed by atoms with Crippen LogP contribution in [0, 0.1) is 0 Å². The van der Waals surface area contributed by atoms with E-state index in [4.69, 9.17) is 4.98 Å². The largest absolute Gasteiger partial charge is 0.353 e. The Morgan fingerprint density at radius 1 is 0.968 bits per heavy atom. The van der Waals surface area contributed by atoms with Gasteiger partial charge in [-0.15, -0.1) is 0 Å². The molecule has 0 saturated heterocycles. The smallest absolute Gasteiger partial charge is 0.220 e. The molecule has 4 nitrogen and oxygen atoms in total. The second kappa shape index (κ2) is 8.93. The van der Waals surface area contributed by atoms with Gasteiger partial charge < -0.3 is 10.3 Å². The van der Waals surface area contributed by atoms with E-state index in [1.807, 2.05) is 12.1 Å². The molecule has 2 N–H and O–H groups in total. The number of carbonyl (C=O) groups is 1. The number of rotatable bonds is 6. The molecular formula is C27H29N3O. The number of fused-ring (bicyclic) bond motifs is 2. The van der Waals surface area contributed by atoms with Gasteiger partial charge in [0.05, 0.1) is 16.9 Å². The van der Waals surface area contributed by atoms with E-state index < -0.39 is 0 Å². The lowest BCUT2D eigenvalue weighted by Crippen LogP contribution is -2.36. The summed E-state index contributed by atoms with van der Waals surface area (Å²) in [6, 6.07) is 21.2. The van der Waals surface area contributed by atoms with Gasteiger partial charge in [0.1, 0.15) is 0 Å². The van der Waals surface area contributed by atoms with Crippen LogP contribution >= 0.6 is 0 Å². The second-order valence-corrected chi connectivity index (χ2v) is 8.67. The minimum absolute atomic E-state index is 0.192. The molecule has 2 aromatic heterocycles. The molecule has 0 unspecified atom stereocenters. The fraction of sp³-hybridized carbons (Fsp3) is 0.333. The van der Waals surface area contributed by atoms with Crippen molar-refractivity contribution in [3.8, 4) is 11.4 Å². The van der Waals surface area contributed by atoms with Crippen molar-refractivity contribution in [2.24, 2.45) is 0 Å². The summed E-state index contributed by atoms with van der Waals surface area (Å²) in [5.74, 6) is 0.192. The molecule has 0 bridgehead atoms. The molecule has 4 heteroatoms. The Morgan fingerprint density at radius 3 is 2.68 bits per heavy atom. The standard InChI is InChI=1S/C27H29N3O/c31-26(28-20-10-2-1-3-11-20)16-8-13-22-21-12-5-7-15-24(21)30-27(22)25-18-17-19-9-4-6-14-23(19)29-25/h4-7,9,12,14-15,17-18,20,30H,1-3,8,10-11,13,16H2,(H,28,31). The van der Waals surface area contributed by atoms with Gasteiger partial charge in [-0.25, -0.2) is 4.98 Å². The molecule has 158 valence electrons. The van der Waals surface area contributed by atoms with Crippen molar-refractivity contribution < 1.29 is 4.79 Å². The third-order valence-corrected chi connectivity index (χ3v) is 6.47. The van der Waals surface area contributed by atoms with Crippen molar-refractivity contribution in [1.29, 1.82) is 0 Å². The van der Waals surface area contributed by atoms with Crippen LogP contribution in [0.5, 0.6) is 0 Å². The summed E-state index contributed by atoms with van der Waals surface area (Å²) in [7, 11) is 0. The molecular weight excluding hydrogens is 382 g/mol. The minimum Gasteiger partial charge on any atom is -0.353 e. The zero-order valence-corrected chi connectivity index (χ0v) is 17.9. The Morgan fingerprint density at radius 2 is 1.77 bits per heavy atom. The molecule has 2 heterocycles. The van der Waals surface area contributed by atoms with Crippen LogP contribution in [0.15, 0.2) is 60.7 Å². The number of aromatic nitrogens is 2. The van der Waals surface area contributed by atoms with Crippen LogP contribution in [0.1, 0.15) is 50.5 Å². The van der Waals surface area contributed by atoms with Gasteiger partial charge in [-0.05, 0) is 49.4 Å². The number of para-hydroxylation sites is 2. The Labute approximate surface area is 183 Å². The van der Waals surface area contributed by atoms with Crippen molar-refractivity contribution in [2.45, 2.75) is 57.4 Å². The van der Waals surface area contributed by atoms with E-state index in [-0.39, 0.29) is 5.91 Å². The number of H-pyrrole nitrogens is 1. The number of nitrogens with zero attached hydrogens (tertiary/aromatic N) is 1. The number of aromatic amines is 1. The number of hydrogen-bond acceptors (Lipinski definition) is 2. The molecule has 0 radical (unpaired) electrons. The molecule has 1 aliphatic rings. The first-order valence-corrected chi connectivity index (χ1v) is 11.5. The molecule has 0 aliphatic heterocycles. The first kappa shape index (κ1) is 19.8. The van der Waals surface area contributed by atoms with Gasteiger partial charge in [-0.1, -0.05) is 61.7 Å². The van der Waals surface area contributed by atoms with Crippen LogP contribution in [0.2, 0.25) is 0 Å². The van der Waals surface area contributed by atoms with Crippen molar-refractivity contribution in [3.05, 3.63) is 66.2 Å². The quantitative estimate of drug-likeness (QED) is 0.399. The summed E-state index contributed by atoms with van der Waals surface area (Å²) >= 11 is 0. The highest BCUT2D eigenvalue weighted by molar-refractivity contribution is 5.91. The first-order valence-electron chi connectivity index (χ1n) is 11.5. The number of benzene rings is 2. The second-order valence-electron chi connectivity index (χ2n) is 8.67. The third-order valence-electron chi connectivity index (χ3n) is 6.47.